The predicted octanol–water partition coefficient (Wildman–Crippen LogP) is 5.39. The van der Waals surface area contributed by atoms with Crippen LogP contribution in [0.3, 0.4) is 0 Å². The molecule has 0 saturated carbocycles. The van der Waals surface area contributed by atoms with Crippen LogP contribution in [0.5, 0.6) is 0 Å². The maximum atomic E-state index is 12.9. The van der Waals surface area contributed by atoms with Crippen LogP contribution in [0.4, 0.5) is 5.69 Å². The van der Waals surface area contributed by atoms with Gasteiger partial charge in [-0.1, -0.05) is 76.6 Å². The molecule has 0 aliphatic carbocycles. The van der Waals surface area contributed by atoms with Gasteiger partial charge in [-0.3, -0.25) is 9.79 Å². The molecule has 0 aromatic heterocycles. The quantitative estimate of drug-likeness (QED) is 0.548. The van der Waals surface area contributed by atoms with E-state index in [9.17, 15) is 4.79 Å². The molecule has 4 rings (SSSR count). The molecule has 0 bridgehead atoms. The van der Waals surface area contributed by atoms with E-state index in [2.05, 4.69) is 28.1 Å². The molecule has 0 saturated heterocycles. The molecule has 1 heterocycles. The Labute approximate surface area is 167 Å². The maximum Gasteiger partial charge on any atom is 0.229 e. The second-order valence-electron chi connectivity index (χ2n) is 6.59. The Kier molecular flexibility index (Phi) is 4.90. The van der Waals surface area contributed by atoms with E-state index in [0.29, 0.717) is 6.42 Å². The molecule has 4 heteroatoms. The van der Waals surface area contributed by atoms with Crippen molar-refractivity contribution in [3.63, 3.8) is 0 Å². The highest BCUT2D eigenvalue weighted by Crippen LogP contribution is 2.33. The summed E-state index contributed by atoms with van der Waals surface area (Å²) in [5.74, 6) is 0.0586. The summed E-state index contributed by atoms with van der Waals surface area (Å²) < 4.78 is 0.961. The first-order chi connectivity index (χ1) is 13.1. The third-order valence-corrected chi connectivity index (χ3v) is 5.33. The first-order valence-electron chi connectivity index (χ1n) is 8.88. The number of benzene rings is 3. The summed E-state index contributed by atoms with van der Waals surface area (Å²) in [6.45, 7) is 0. The topological polar surface area (TPSA) is 32.7 Å². The SMILES string of the molecule is CN1C(=O)C[C@H](c2ccccc2)N=C(c2ccccc2)c2cc(Br)ccc21. The molecule has 134 valence electrons. The van der Waals surface area contributed by atoms with Crippen molar-refractivity contribution < 1.29 is 4.79 Å². The number of carbonyl (C=O) groups is 1. The van der Waals surface area contributed by atoms with Gasteiger partial charge in [-0.25, -0.2) is 0 Å². The zero-order chi connectivity index (χ0) is 18.8. The van der Waals surface area contributed by atoms with Crippen LogP contribution < -0.4 is 4.90 Å². The highest BCUT2D eigenvalue weighted by molar-refractivity contribution is 9.10. The first kappa shape index (κ1) is 17.7. The van der Waals surface area contributed by atoms with Gasteiger partial charge in [0.2, 0.25) is 5.91 Å². The minimum absolute atomic E-state index is 0.0586. The van der Waals surface area contributed by atoms with Crippen molar-refractivity contribution in [3.8, 4) is 0 Å². The standard InChI is InChI=1S/C23H19BrN2O/c1-26-21-13-12-18(24)14-19(21)23(17-10-6-3-7-11-17)25-20(15-22(26)27)16-8-4-2-5-9-16/h2-14,20H,15H2,1H3/t20-/m1/s1. The second-order valence-corrected chi connectivity index (χ2v) is 7.50. The highest BCUT2D eigenvalue weighted by atomic mass is 79.9. The van der Waals surface area contributed by atoms with E-state index in [4.69, 9.17) is 4.99 Å². The number of aliphatic imine (C=N–C) groups is 1. The third-order valence-electron chi connectivity index (χ3n) is 4.83. The van der Waals surface area contributed by atoms with Crippen molar-refractivity contribution in [2.24, 2.45) is 4.99 Å². The molecular formula is C23H19BrN2O. The number of carbonyl (C=O) groups excluding carboxylic acids is 1. The van der Waals surface area contributed by atoms with Crippen LogP contribution in [0.2, 0.25) is 0 Å². The Morgan fingerprint density at radius 3 is 2.33 bits per heavy atom. The van der Waals surface area contributed by atoms with Gasteiger partial charge < -0.3 is 4.90 Å². The second kappa shape index (κ2) is 7.49. The summed E-state index contributed by atoms with van der Waals surface area (Å²) in [7, 11) is 1.84. The van der Waals surface area contributed by atoms with Crippen molar-refractivity contribution in [1.82, 2.24) is 0 Å². The lowest BCUT2D eigenvalue weighted by atomic mass is 9.96. The van der Waals surface area contributed by atoms with E-state index in [1.165, 1.54) is 0 Å². The molecule has 0 N–H and O–H groups in total. The number of halogens is 1. The number of fused-ring (bicyclic) bond motifs is 1. The van der Waals surface area contributed by atoms with Crippen molar-refractivity contribution in [2.45, 2.75) is 12.5 Å². The van der Waals surface area contributed by atoms with Crippen LogP contribution in [0, 0.1) is 0 Å². The molecule has 0 fully saturated rings. The Morgan fingerprint density at radius 2 is 1.63 bits per heavy atom. The summed E-state index contributed by atoms with van der Waals surface area (Å²) in [5.41, 5.74) is 4.82. The highest BCUT2D eigenvalue weighted by Gasteiger charge is 2.26. The molecule has 27 heavy (non-hydrogen) atoms. The normalized spacial score (nSPS) is 17.0. The van der Waals surface area contributed by atoms with Gasteiger partial charge in [0.1, 0.15) is 0 Å². The molecule has 1 amide bonds. The van der Waals surface area contributed by atoms with E-state index in [0.717, 1.165) is 32.6 Å². The smallest absolute Gasteiger partial charge is 0.229 e. The molecule has 0 spiro atoms. The fourth-order valence-electron chi connectivity index (χ4n) is 3.39. The minimum Gasteiger partial charge on any atom is -0.315 e. The van der Waals surface area contributed by atoms with E-state index in [-0.39, 0.29) is 11.9 Å². The van der Waals surface area contributed by atoms with Crippen LogP contribution in [-0.4, -0.2) is 18.7 Å². The lowest BCUT2D eigenvalue weighted by Gasteiger charge is -2.27. The monoisotopic (exact) mass is 418 g/mol. The molecule has 0 radical (unpaired) electrons. The van der Waals surface area contributed by atoms with Gasteiger partial charge >= 0.3 is 0 Å². The minimum atomic E-state index is -0.219. The zero-order valence-corrected chi connectivity index (χ0v) is 16.6. The van der Waals surface area contributed by atoms with E-state index in [1.807, 2.05) is 73.8 Å². The van der Waals surface area contributed by atoms with Crippen molar-refractivity contribution >= 4 is 33.2 Å². The summed E-state index contributed by atoms with van der Waals surface area (Å²) in [4.78, 5) is 19.7. The molecule has 3 aromatic rings. The molecule has 1 aliphatic heterocycles. The Bertz CT molecular complexity index is 999. The van der Waals surface area contributed by atoms with E-state index in [1.54, 1.807) is 4.90 Å². The number of nitrogens with zero attached hydrogens (tertiary/aromatic N) is 2. The van der Waals surface area contributed by atoms with Crippen LogP contribution in [-0.2, 0) is 4.79 Å². The van der Waals surface area contributed by atoms with Gasteiger partial charge in [-0.05, 0) is 23.8 Å². The van der Waals surface area contributed by atoms with Crippen molar-refractivity contribution in [3.05, 3.63) is 100 Å². The summed E-state index contributed by atoms with van der Waals surface area (Å²) >= 11 is 3.57. The number of amides is 1. The van der Waals surface area contributed by atoms with Gasteiger partial charge in [0, 0.05) is 22.6 Å². The largest absolute Gasteiger partial charge is 0.315 e. The molecule has 3 nitrogen and oxygen atoms in total. The number of hydrogen-bond donors (Lipinski definition) is 0. The third kappa shape index (κ3) is 3.58. The van der Waals surface area contributed by atoms with Crippen LogP contribution >= 0.6 is 15.9 Å². The first-order valence-corrected chi connectivity index (χ1v) is 9.67. The molecule has 1 aliphatic rings. The molecule has 1 atom stereocenters. The van der Waals surface area contributed by atoms with Gasteiger partial charge in [-0.2, -0.15) is 0 Å². The summed E-state index contributed by atoms with van der Waals surface area (Å²) in [6, 6.07) is 25.9. The predicted molar refractivity (Wildman–Crippen MR) is 113 cm³/mol. The average molecular weight is 419 g/mol. The van der Waals surface area contributed by atoms with Gasteiger partial charge in [0.25, 0.3) is 0 Å². The van der Waals surface area contributed by atoms with Gasteiger partial charge in [0.15, 0.2) is 0 Å². The maximum absolute atomic E-state index is 12.9. The Morgan fingerprint density at radius 1 is 0.963 bits per heavy atom. The molecule has 0 unspecified atom stereocenters. The fraction of sp³-hybridized carbons (Fsp3) is 0.130. The van der Waals surface area contributed by atoms with Gasteiger partial charge in [-0.15, -0.1) is 0 Å². The van der Waals surface area contributed by atoms with Crippen LogP contribution in [0.25, 0.3) is 0 Å². The van der Waals surface area contributed by atoms with Gasteiger partial charge in [0.05, 0.1) is 23.9 Å². The molecule has 3 aromatic carbocycles. The Hall–Kier alpha value is -2.72. The van der Waals surface area contributed by atoms with Crippen molar-refractivity contribution in [2.75, 3.05) is 11.9 Å². The summed E-state index contributed by atoms with van der Waals surface area (Å²) in [6.07, 6.45) is 0.340. The number of rotatable bonds is 2. The number of hydrogen-bond acceptors (Lipinski definition) is 2. The van der Waals surface area contributed by atoms with E-state index >= 15 is 0 Å². The fourth-order valence-corrected chi connectivity index (χ4v) is 3.75. The Balaban J connectivity index is 1.97. The zero-order valence-electron chi connectivity index (χ0n) is 15.0. The lowest BCUT2D eigenvalue weighted by molar-refractivity contribution is -0.118. The van der Waals surface area contributed by atoms with Crippen LogP contribution in [0.1, 0.15) is 29.2 Å². The number of anilines is 1. The summed E-state index contributed by atoms with van der Waals surface area (Å²) in [5, 5.41) is 0. The lowest BCUT2D eigenvalue weighted by Crippen LogP contribution is -2.31. The van der Waals surface area contributed by atoms with E-state index < -0.39 is 0 Å². The average Bonchev–Trinajstić information content (AvgIpc) is 2.71. The van der Waals surface area contributed by atoms with Crippen LogP contribution in [0.15, 0.2) is 88.3 Å². The molecular weight excluding hydrogens is 400 g/mol. The van der Waals surface area contributed by atoms with Crippen molar-refractivity contribution in [1.29, 1.82) is 0 Å².